The van der Waals surface area contributed by atoms with Gasteiger partial charge in [0.2, 0.25) is 11.8 Å². The van der Waals surface area contributed by atoms with Crippen LogP contribution in [0.1, 0.15) is 17.5 Å². The van der Waals surface area contributed by atoms with Crippen molar-refractivity contribution in [2.45, 2.75) is 19.5 Å². The molecule has 0 aromatic carbocycles. The smallest absolute Gasteiger partial charge is 0.238 e. The third-order valence-corrected chi connectivity index (χ3v) is 3.93. The molecule has 0 aliphatic carbocycles. The van der Waals surface area contributed by atoms with E-state index in [-0.39, 0.29) is 23.3 Å². The van der Waals surface area contributed by atoms with Gasteiger partial charge in [-0.3, -0.25) is 29.4 Å². The van der Waals surface area contributed by atoms with Crippen molar-refractivity contribution in [3.63, 3.8) is 0 Å². The summed E-state index contributed by atoms with van der Waals surface area (Å²) in [6, 6.07) is 7.33. The first kappa shape index (κ1) is 15.2. The molecule has 0 atom stereocenters. The van der Waals surface area contributed by atoms with E-state index in [9.17, 15) is 9.59 Å². The molecule has 0 bridgehead atoms. The number of hydrogen-bond donors (Lipinski definition) is 0. The number of carbonyl (C=O) groups excluding carboxylic acids is 2. The molecule has 2 aromatic heterocycles. The number of hydrogen-bond acceptors (Lipinski definition) is 5. The molecule has 2 amide bonds. The van der Waals surface area contributed by atoms with Crippen molar-refractivity contribution in [2.75, 3.05) is 0 Å². The van der Waals surface area contributed by atoms with Crippen molar-refractivity contribution in [3.05, 3.63) is 60.2 Å². The lowest BCUT2D eigenvalue weighted by Gasteiger charge is -2.35. The summed E-state index contributed by atoms with van der Waals surface area (Å²) >= 11 is 5.37. The minimum absolute atomic E-state index is 0.180. The van der Waals surface area contributed by atoms with E-state index in [1.807, 2.05) is 12.1 Å². The summed E-state index contributed by atoms with van der Waals surface area (Å²) in [6.45, 7) is 0.616. The quantitative estimate of drug-likeness (QED) is 0.629. The van der Waals surface area contributed by atoms with E-state index in [2.05, 4.69) is 9.97 Å². The Labute approximate surface area is 138 Å². The number of rotatable bonds is 4. The third kappa shape index (κ3) is 3.40. The second-order valence-electron chi connectivity index (χ2n) is 5.14. The van der Waals surface area contributed by atoms with Gasteiger partial charge in [0.05, 0.1) is 13.1 Å². The highest BCUT2D eigenvalue weighted by molar-refractivity contribution is 7.80. The zero-order valence-electron chi connectivity index (χ0n) is 12.3. The van der Waals surface area contributed by atoms with Gasteiger partial charge in [0.15, 0.2) is 5.11 Å². The minimum atomic E-state index is -0.286. The Morgan fingerprint density at radius 1 is 0.913 bits per heavy atom. The molecule has 1 fully saturated rings. The Morgan fingerprint density at radius 2 is 1.39 bits per heavy atom. The van der Waals surface area contributed by atoms with Gasteiger partial charge < -0.3 is 0 Å². The molecule has 1 aliphatic rings. The molecular formula is C16H14N4O2S. The van der Waals surface area contributed by atoms with Crippen LogP contribution in [0.5, 0.6) is 0 Å². The van der Waals surface area contributed by atoms with E-state index in [4.69, 9.17) is 12.2 Å². The maximum absolute atomic E-state index is 12.2. The average Bonchev–Trinajstić information content (AvgIpc) is 2.57. The summed E-state index contributed by atoms with van der Waals surface area (Å²) in [5.41, 5.74) is 1.72. The number of nitrogens with zero attached hydrogens (tertiary/aromatic N) is 4. The van der Waals surface area contributed by atoms with Crippen LogP contribution in [-0.2, 0) is 22.7 Å². The van der Waals surface area contributed by atoms with Crippen molar-refractivity contribution < 1.29 is 9.59 Å². The summed E-state index contributed by atoms with van der Waals surface area (Å²) in [6.07, 6.45) is 6.51. The van der Waals surface area contributed by atoms with E-state index in [1.54, 1.807) is 36.9 Å². The molecule has 1 saturated heterocycles. The molecule has 116 valence electrons. The average molecular weight is 326 g/mol. The molecule has 0 spiro atoms. The summed E-state index contributed by atoms with van der Waals surface area (Å²) in [5, 5.41) is 0.221. The zero-order chi connectivity index (χ0) is 16.2. The number of pyridine rings is 2. The Kier molecular flexibility index (Phi) is 4.38. The molecule has 6 nitrogen and oxygen atoms in total. The highest BCUT2D eigenvalue weighted by Crippen LogP contribution is 2.18. The van der Waals surface area contributed by atoms with Crippen molar-refractivity contribution in [1.82, 2.24) is 19.8 Å². The monoisotopic (exact) mass is 326 g/mol. The molecule has 0 unspecified atom stereocenters. The summed E-state index contributed by atoms with van der Waals surface area (Å²) in [4.78, 5) is 35.3. The van der Waals surface area contributed by atoms with Crippen LogP contribution in [0.4, 0.5) is 0 Å². The van der Waals surface area contributed by atoms with Gasteiger partial charge in [-0.2, -0.15) is 0 Å². The Hall–Kier alpha value is -2.67. The number of amides is 2. The van der Waals surface area contributed by atoms with Gasteiger partial charge in [-0.25, -0.2) is 0 Å². The molecule has 0 radical (unpaired) electrons. The topological polar surface area (TPSA) is 66.4 Å². The molecule has 0 saturated carbocycles. The van der Waals surface area contributed by atoms with Gasteiger partial charge in [-0.15, -0.1) is 0 Å². The molecule has 2 aromatic rings. The van der Waals surface area contributed by atoms with Gasteiger partial charge in [0.1, 0.15) is 6.42 Å². The molecule has 23 heavy (non-hydrogen) atoms. The Balaban J connectivity index is 1.80. The van der Waals surface area contributed by atoms with Gasteiger partial charge in [-0.05, 0) is 35.5 Å². The highest BCUT2D eigenvalue weighted by Gasteiger charge is 2.34. The lowest BCUT2D eigenvalue weighted by molar-refractivity contribution is -0.141. The fraction of sp³-hybridized carbons (Fsp3) is 0.188. The van der Waals surface area contributed by atoms with Crippen molar-refractivity contribution in [2.24, 2.45) is 0 Å². The Bertz CT molecular complexity index is 675. The van der Waals surface area contributed by atoms with Crippen LogP contribution in [0.15, 0.2) is 49.1 Å². The fourth-order valence-electron chi connectivity index (χ4n) is 2.34. The van der Waals surface area contributed by atoms with E-state index < -0.39 is 0 Å². The van der Waals surface area contributed by atoms with Crippen LogP contribution in [0, 0.1) is 0 Å². The normalized spacial score (nSPS) is 15.2. The van der Waals surface area contributed by atoms with Crippen LogP contribution < -0.4 is 0 Å². The maximum atomic E-state index is 12.2. The number of thiocarbonyl (C=S) groups is 1. The molecular weight excluding hydrogens is 312 g/mol. The summed E-state index contributed by atoms with van der Waals surface area (Å²) in [7, 11) is 0. The number of aromatic nitrogens is 2. The van der Waals surface area contributed by atoms with Crippen molar-refractivity contribution >= 4 is 29.1 Å². The van der Waals surface area contributed by atoms with Crippen LogP contribution in [-0.4, -0.2) is 36.7 Å². The fourth-order valence-corrected chi connectivity index (χ4v) is 2.67. The molecule has 0 N–H and O–H groups in total. The van der Waals surface area contributed by atoms with E-state index in [1.165, 1.54) is 9.80 Å². The minimum Gasteiger partial charge on any atom is -0.284 e. The predicted molar refractivity (Wildman–Crippen MR) is 86.8 cm³/mol. The molecule has 3 rings (SSSR count). The van der Waals surface area contributed by atoms with E-state index in [0.29, 0.717) is 13.1 Å². The first-order valence-corrected chi connectivity index (χ1v) is 7.48. The molecule has 3 heterocycles. The van der Waals surface area contributed by atoms with E-state index >= 15 is 0 Å². The lowest BCUT2D eigenvalue weighted by Crippen LogP contribution is -2.53. The maximum Gasteiger partial charge on any atom is 0.238 e. The lowest BCUT2D eigenvalue weighted by atomic mass is 10.2. The number of carbonyl (C=O) groups is 2. The summed E-state index contributed by atoms with van der Waals surface area (Å²) in [5.74, 6) is -0.572. The zero-order valence-corrected chi connectivity index (χ0v) is 13.1. The first-order valence-electron chi connectivity index (χ1n) is 7.07. The van der Waals surface area contributed by atoms with Crippen LogP contribution in [0.3, 0.4) is 0 Å². The first-order chi connectivity index (χ1) is 11.1. The second kappa shape index (κ2) is 6.62. The van der Waals surface area contributed by atoms with Crippen LogP contribution >= 0.6 is 12.2 Å². The SMILES string of the molecule is O=C1CC(=O)N(Cc2cccnc2)C(=S)N1Cc1cccnc1. The molecule has 1 aliphatic heterocycles. The van der Waals surface area contributed by atoms with Gasteiger partial charge in [0.25, 0.3) is 0 Å². The third-order valence-electron chi connectivity index (χ3n) is 3.49. The van der Waals surface area contributed by atoms with Gasteiger partial charge in [0, 0.05) is 24.8 Å². The van der Waals surface area contributed by atoms with E-state index in [0.717, 1.165) is 11.1 Å². The van der Waals surface area contributed by atoms with Crippen LogP contribution in [0.2, 0.25) is 0 Å². The standard InChI is InChI=1S/C16H14N4O2S/c21-14-7-15(22)20(11-13-4-2-6-18-9-13)16(23)19(14)10-12-3-1-5-17-8-12/h1-6,8-9H,7,10-11H2. The summed E-state index contributed by atoms with van der Waals surface area (Å²) < 4.78 is 0. The molecule has 7 heteroatoms. The van der Waals surface area contributed by atoms with Crippen LogP contribution in [0.25, 0.3) is 0 Å². The highest BCUT2D eigenvalue weighted by atomic mass is 32.1. The van der Waals surface area contributed by atoms with Gasteiger partial charge >= 0.3 is 0 Å². The van der Waals surface area contributed by atoms with Gasteiger partial charge in [-0.1, -0.05) is 12.1 Å². The van der Waals surface area contributed by atoms with Crippen molar-refractivity contribution in [1.29, 1.82) is 0 Å². The second-order valence-corrected chi connectivity index (χ2v) is 5.51. The predicted octanol–water partition coefficient (Wildman–Crippen LogP) is 1.52. The van der Waals surface area contributed by atoms with Crippen molar-refractivity contribution in [3.8, 4) is 0 Å². The Morgan fingerprint density at radius 3 is 1.78 bits per heavy atom. The largest absolute Gasteiger partial charge is 0.284 e.